The molecule has 1 atom stereocenters. The molecule has 0 radical (unpaired) electrons. The zero-order chi connectivity index (χ0) is 11.0. The maximum atomic E-state index is 10.9. The van der Waals surface area contributed by atoms with Crippen LogP contribution in [0.5, 0.6) is 0 Å². The molecule has 0 aliphatic carbocycles. The summed E-state index contributed by atoms with van der Waals surface area (Å²) in [7, 11) is 0. The number of aldehydes is 1. The fourth-order valence-electron chi connectivity index (χ4n) is 0.779. The first-order valence-corrected chi connectivity index (χ1v) is 4.51. The molecule has 0 unspecified atom stereocenters. The number of hydrogen-bond donors (Lipinski definition) is 0. The lowest BCUT2D eigenvalue weighted by molar-refractivity contribution is -0.137. The molecule has 0 aliphatic heterocycles. The van der Waals surface area contributed by atoms with Gasteiger partial charge in [0, 0.05) is 11.5 Å². The molecule has 0 saturated heterocycles. The maximum absolute atomic E-state index is 10.9. The quantitative estimate of drug-likeness (QED) is 0.282. The number of carbonyl (C=O) groups excluding carboxylic acids is 2. The number of ether oxygens (including phenoxy) is 1. The first-order chi connectivity index (χ1) is 6.58. The summed E-state index contributed by atoms with van der Waals surface area (Å²) in [4.78, 5) is 21.5. The molecule has 0 saturated carbocycles. The van der Waals surface area contributed by atoms with Crippen molar-refractivity contribution in [3.8, 4) is 0 Å². The first kappa shape index (κ1) is 12.6. The molecule has 3 nitrogen and oxygen atoms in total. The number of carbonyl (C=O) groups is 2. The Morgan fingerprint density at radius 1 is 1.57 bits per heavy atom. The van der Waals surface area contributed by atoms with Crippen LogP contribution in [0.4, 0.5) is 0 Å². The molecule has 0 aromatic rings. The standard InChI is InChI=1S/C11H16O3/c1-4-11(3,9-12)8-6-7-10(13)14-5-2/h4,6-7,9H,1,5,8H2,2-3H3/b7-6+/t11-/m1/s1. The fraction of sp³-hybridized carbons (Fsp3) is 0.455. The minimum absolute atomic E-state index is 0.357. The molecular formula is C11H16O3. The van der Waals surface area contributed by atoms with Gasteiger partial charge < -0.3 is 9.53 Å². The van der Waals surface area contributed by atoms with E-state index in [9.17, 15) is 9.59 Å². The fourth-order valence-corrected chi connectivity index (χ4v) is 0.779. The minimum atomic E-state index is -0.594. The highest BCUT2D eigenvalue weighted by Crippen LogP contribution is 2.19. The Kier molecular flexibility index (Phi) is 5.53. The van der Waals surface area contributed by atoms with Crippen LogP contribution in [0.1, 0.15) is 20.3 Å². The van der Waals surface area contributed by atoms with Gasteiger partial charge >= 0.3 is 5.97 Å². The van der Waals surface area contributed by atoms with Gasteiger partial charge in [-0.2, -0.15) is 0 Å². The molecule has 0 bridgehead atoms. The van der Waals surface area contributed by atoms with Gasteiger partial charge in [0.15, 0.2) is 0 Å². The van der Waals surface area contributed by atoms with E-state index in [1.807, 2.05) is 0 Å². The van der Waals surface area contributed by atoms with Gasteiger partial charge in [0.25, 0.3) is 0 Å². The molecular weight excluding hydrogens is 180 g/mol. The Morgan fingerprint density at radius 3 is 2.64 bits per heavy atom. The molecule has 0 fully saturated rings. The van der Waals surface area contributed by atoms with E-state index < -0.39 is 5.41 Å². The molecule has 0 spiro atoms. The Morgan fingerprint density at radius 2 is 2.21 bits per heavy atom. The van der Waals surface area contributed by atoms with Gasteiger partial charge in [-0.15, -0.1) is 6.58 Å². The van der Waals surface area contributed by atoms with Crippen LogP contribution in [-0.2, 0) is 14.3 Å². The summed E-state index contributed by atoms with van der Waals surface area (Å²) in [5, 5.41) is 0. The van der Waals surface area contributed by atoms with Crippen LogP contribution < -0.4 is 0 Å². The normalized spacial score (nSPS) is 14.7. The lowest BCUT2D eigenvalue weighted by Crippen LogP contribution is -2.13. The van der Waals surface area contributed by atoms with E-state index in [4.69, 9.17) is 0 Å². The van der Waals surface area contributed by atoms with E-state index in [1.54, 1.807) is 26.0 Å². The zero-order valence-electron chi connectivity index (χ0n) is 8.66. The van der Waals surface area contributed by atoms with Crippen molar-refractivity contribution in [3.05, 3.63) is 24.8 Å². The molecule has 0 aromatic heterocycles. The van der Waals surface area contributed by atoms with Crippen LogP contribution >= 0.6 is 0 Å². The third-order valence-corrected chi connectivity index (χ3v) is 1.83. The predicted molar refractivity (Wildman–Crippen MR) is 54.8 cm³/mol. The van der Waals surface area contributed by atoms with Crippen molar-refractivity contribution in [2.45, 2.75) is 20.3 Å². The van der Waals surface area contributed by atoms with Crippen LogP contribution in [0.3, 0.4) is 0 Å². The average Bonchev–Trinajstić information content (AvgIpc) is 2.18. The summed E-state index contributed by atoms with van der Waals surface area (Å²) in [6, 6.07) is 0. The number of esters is 1. The monoisotopic (exact) mass is 196 g/mol. The van der Waals surface area contributed by atoms with Gasteiger partial charge in [0.1, 0.15) is 6.29 Å². The van der Waals surface area contributed by atoms with Crippen LogP contribution in [0.2, 0.25) is 0 Å². The largest absolute Gasteiger partial charge is 0.463 e. The van der Waals surface area contributed by atoms with Crippen molar-refractivity contribution in [3.63, 3.8) is 0 Å². The lowest BCUT2D eigenvalue weighted by Gasteiger charge is -2.14. The van der Waals surface area contributed by atoms with Crippen molar-refractivity contribution in [2.75, 3.05) is 6.61 Å². The van der Waals surface area contributed by atoms with Gasteiger partial charge in [0.2, 0.25) is 0 Å². The summed E-state index contributed by atoms with van der Waals surface area (Å²) < 4.78 is 4.68. The third-order valence-electron chi connectivity index (χ3n) is 1.83. The second kappa shape index (κ2) is 6.13. The Balaban J connectivity index is 4.09. The van der Waals surface area contributed by atoms with E-state index in [1.165, 1.54) is 6.08 Å². The molecule has 0 aliphatic rings. The van der Waals surface area contributed by atoms with Crippen molar-refractivity contribution in [2.24, 2.45) is 5.41 Å². The Bertz CT molecular complexity index is 233. The van der Waals surface area contributed by atoms with Crippen LogP contribution in [0, 0.1) is 5.41 Å². The SMILES string of the molecule is C=C[C@@](C)(C=O)C/C=C/C(=O)OCC. The number of rotatable bonds is 6. The van der Waals surface area contributed by atoms with E-state index in [0.717, 1.165) is 6.29 Å². The summed E-state index contributed by atoms with van der Waals surface area (Å²) in [6.07, 6.45) is 5.78. The molecule has 0 aromatic carbocycles. The topological polar surface area (TPSA) is 43.4 Å². The van der Waals surface area contributed by atoms with Crippen molar-refractivity contribution in [1.82, 2.24) is 0 Å². The van der Waals surface area contributed by atoms with Gasteiger partial charge in [-0.3, -0.25) is 0 Å². The molecule has 0 heterocycles. The van der Waals surface area contributed by atoms with Crippen molar-refractivity contribution >= 4 is 12.3 Å². The van der Waals surface area contributed by atoms with Crippen LogP contribution in [0.15, 0.2) is 24.8 Å². The van der Waals surface area contributed by atoms with Crippen molar-refractivity contribution in [1.29, 1.82) is 0 Å². The highest BCUT2D eigenvalue weighted by molar-refractivity contribution is 5.82. The van der Waals surface area contributed by atoms with Crippen LogP contribution in [0.25, 0.3) is 0 Å². The van der Waals surface area contributed by atoms with E-state index in [0.29, 0.717) is 13.0 Å². The molecule has 3 heteroatoms. The second-order valence-electron chi connectivity index (χ2n) is 3.19. The van der Waals surface area contributed by atoms with Crippen LogP contribution in [-0.4, -0.2) is 18.9 Å². The van der Waals surface area contributed by atoms with Crippen molar-refractivity contribution < 1.29 is 14.3 Å². The molecule has 0 amide bonds. The third kappa shape index (κ3) is 4.60. The lowest BCUT2D eigenvalue weighted by atomic mass is 9.89. The highest BCUT2D eigenvalue weighted by atomic mass is 16.5. The van der Waals surface area contributed by atoms with Gasteiger partial charge in [-0.05, 0) is 20.3 Å². The molecule has 78 valence electrons. The highest BCUT2D eigenvalue weighted by Gasteiger charge is 2.16. The molecule has 0 rings (SSSR count). The second-order valence-corrected chi connectivity index (χ2v) is 3.19. The van der Waals surface area contributed by atoms with E-state index in [-0.39, 0.29) is 5.97 Å². The average molecular weight is 196 g/mol. The van der Waals surface area contributed by atoms with Gasteiger partial charge in [-0.25, -0.2) is 4.79 Å². The maximum Gasteiger partial charge on any atom is 0.330 e. The van der Waals surface area contributed by atoms with E-state index in [2.05, 4.69) is 11.3 Å². The zero-order valence-corrected chi connectivity index (χ0v) is 8.66. The number of hydrogen-bond acceptors (Lipinski definition) is 3. The predicted octanol–water partition coefficient (Wildman–Crippen LogP) is 1.89. The van der Waals surface area contributed by atoms with Gasteiger partial charge in [-0.1, -0.05) is 12.2 Å². The smallest absolute Gasteiger partial charge is 0.330 e. The Labute approximate surface area is 84.4 Å². The number of allylic oxidation sites excluding steroid dienone is 2. The summed E-state index contributed by atoms with van der Waals surface area (Å²) in [5.41, 5.74) is -0.594. The molecule has 14 heavy (non-hydrogen) atoms. The van der Waals surface area contributed by atoms with Gasteiger partial charge in [0.05, 0.1) is 6.61 Å². The summed E-state index contributed by atoms with van der Waals surface area (Å²) in [6.45, 7) is 7.41. The summed E-state index contributed by atoms with van der Waals surface area (Å²) in [5.74, 6) is -0.384. The van der Waals surface area contributed by atoms with E-state index >= 15 is 0 Å². The molecule has 0 N–H and O–H groups in total. The first-order valence-electron chi connectivity index (χ1n) is 4.51. The minimum Gasteiger partial charge on any atom is -0.463 e. The Hall–Kier alpha value is -1.38. The summed E-state index contributed by atoms with van der Waals surface area (Å²) >= 11 is 0.